The van der Waals surface area contributed by atoms with Gasteiger partial charge in [-0.1, -0.05) is 25.3 Å². The molecule has 9 nitrogen and oxygen atoms in total. The molecule has 34 heavy (non-hydrogen) atoms. The fourth-order valence-electron chi connectivity index (χ4n) is 4.50. The Morgan fingerprint density at radius 3 is 2.74 bits per heavy atom. The van der Waals surface area contributed by atoms with Crippen LogP contribution in [0.25, 0.3) is 11.0 Å². The van der Waals surface area contributed by atoms with Gasteiger partial charge in [-0.05, 0) is 49.4 Å². The number of hydrogen-bond donors (Lipinski definition) is 4. The molecule has 2 aromatic heterocycles. The molecule has 0 bridgehead atoms. The molecule has 5 N–H and O–H groups in total. The number of H-pyrrole nitrogens is 1. The van der Waals surface area contributed by atoms with Crippen LogP contribution in [0.3, 0.4) is 0 Å². The Bertz CT molecular complexity index is 1200. The van der Waals surface area contributed by atoms with Crippen LogP contribution in [0, 0.1) is 12.7 Å². The van der Waals surface area contributed by atoms with Crippen molar-refractivity contribution < 1.29 is 18.7 Å². The van der Waals surface area contributed by atoms with Gasteiger partial charge < -0.3 is 26.1 Å². The summed E-state index contributed by atoms with van der Waals surface area (Å²) in [7, 11) is 1.56. The van der Waals surface area contributed by atoms with Crippen LogP contribution in [-0.4, -0.2) is 45.4 Å². The Kier molecular flexibility index (Phi) is 6.78. The van der Waals surface area contributed by atoms with E-state index in [-0.39, 0.29) is 24.0 Å². The third-order valence-electron chi connectivity index (χ3n) is 6.36. The summed E-state index contributed by atoms with van der Waals surface area (Å²) in [5.41, 5.74) is 7.21. The predicted octanol–water partition coefficient (Wildman–Crippen LogP) is 2.63. The number of aromatic amines is 1. The molecule has 2 amide bonds. The van der Waals surface area contributed by atoms with Crippen LogP contribution in [0.5, 0.6) is 11.6 Å². The van der Waals surface area contributed by atoms with E-state index in [1.807, 2.05) is 6.92 Å². The van der Waals surface area contributed by atoms with Crippen molar-refractivity contribution in [1.29, 1.82) is 0 Å². The third-order valence-corrected chi connectivity index (χ3v) is 6.36. The molecule has 1 saturated carbocycles. The van der Waals surface area contributed by atoms with Crippen molar-refractivity contribution in [2.24, 2.45) is 5.73 Å². The number of aromatic nitrogens is 3. The summed E-state index contributed by atoms with van der Waals surface area (Å²) in [6.45, 7) is 1.88. The summed E-state index contributed by atoms with van der Waals surface area (Å²) in [5.74, 6) is -0.991. The van der Waals surface area contributed by atoms with Crippen LogP contribution in [0.4, 0.5) is 4.39 Å². The summed E-state index contributed by atoms with van der Waals surface area (Å²) in [4.78, 5) is 36.6. The number of halogens is 1. The summed E-state index contributed by atoms with van der Waals surface area (Å²) < 4.78 is 20.5. The lowest BCUT2D eigenvalue weighted by molar-refractivity contribution is -0.135. The number of likely N-dealkylation sites (N-methyl/N-ethyl adjacent to an activating group) is 1. The molecule has 1 atom stereocenters. The number of aryl methyl sites for hydroxylation is 1. The number of nitrogens with zero attached hydrogens (tertiary/aromatic N) is 2. The highest BCUT2D eigenvalue weighted by atomic mass is 19.1. The van der Waals surface area contributed by atoms with E-state index in [9.17, 15) is 14.0 Å². The van der Waals surface area contributed by atoms with Gasteiger partial charge in [-0.25, -0.2) is 14.4 Å². The van der Waals surface area contributed by atoms with Crippen molar-refractivity contribution >= 4 is 22.8 Å². The van der Waals surface area contributed by atoms with Gasteiger partial charge in [0.15, 0.2) is 11.6 Å². The molecule has 1 aliphatic rings. The fraction of sp³-hybridized carbons (Fsp3) is 0.417. The van der Waals surface area contributed by atoms with E-state index < -0.39 is 23.3 Å². The molecule has 0 unspecified atom stereocenters. The molecule has 0 radical (unpaired) electrons. The van der Waals surface area contributed by atoms with Crippen LogP contribution in [0.2, 0.25) is 0 Å². The number of carbonyl (C=O) groups excluding carboxylic acids is 2. The van der Waals surface area contributed by atoms with Gasteiger partial charge in [-0.2, -0.15) is 0 Å². The first-order valence-corrected chi connectivity index (χ1v) is 11.4. The van der Waals surface area contributed by atoms with E-state index in [0.29, 0.717) is 29.4 Å². The second-order valence-electron chi connectivity index (χ2n) is 8.76. The van der Waals surface area contributed by atoms with Gasteiger partial charge >= 0.3 is 0 Å². The van der Waals surface area contributed by atoms with Gasteiger partial charge in [-0.15, -0.1) is 0 Å². The van der Waals surface area contributed by atoms with E-state index in [0.717, 1.165) is 24.8 Å². The summed E-state index contributed by atoms with van der Waals surface area (Å²) >= 11 is 0. The van der Waals surface area contributed by atoms with Crippen molar-refractivity contribution in [3.8, 4) is 11.6 Å². The van der Waals surface area contributed by atoms with E-state index >= 15 is 0 Å². The Morgan fingerprint density at radius 2 is 2.03 bits per heavy atom. The molecule has 180 valence electrons. The zero-order valence-electron chi connectivity index (χ0n) is 19.3. The van der Waals surface area contributed by atoms with E-state index in [4.69, 9.17) is 10.5 Å². The highest BCUT2D eigenvalue weighted by molar-refractivity contribution is 5.93. The Labute approximate surface area is 196 Å². The first-order chi connectivity index (χ1) is 16.3. The summed E-state index contributed by atoms with van der Waals surface area (Å²) in [6.07, 6.45) is 7.12. The van der Waals surface area contributed by atoms with E-state index in [1.54, 1.807) is 19.3 Å². The van der Waals surface area contributed by atoms with Crippen molar-refractivity contribution in [3.05, 3.63) is 47.7 Å². The standard InChI is InChI=1S/C24H29FN6O3/c1-14-12-28-20-19(14)22(30-13-29-20)34-18-7-6-15(10-16(18)25)11-17(26)21(32)31-24(23(33)27-2)8-4-3-5-9-24/h6-7,10,12-13,17H,3-5,8-9,11,26H2,1-2H3,(H,27,33)(H,31,32)(H,28,29,30)/t17-/m0/s1. The van der Waals surface area contributed by atoms with Crippen LogP contribution in [0.15, 0.2) is 30.7 Å². The van der Waals surface area contributed by atoms with Gasteiger partial charge in [0.05, 0.1) is 11.4 Å². The molecule has 3 aromatic rings. The third kappa shape index (κ3) is 4.72. The Balaban J connectivity index is 1.45. The Morgan fingerprint density at radius 1 is 1.26 bits per heavy atom. The topological polar surface area (TPSA) is 135 Å². The molecule has 0 spiro atoms. The largest absolute Gasteiger partial charge is 0.435 e. The number of nitrogens with one attached hydrogen (secondary N) is 3. The lowest BCUT2D eigenvalue weighted by Gasteiger charge is -2.37. The second-order valence-corrected chi connectivity index (χ2v) is 8.76. The van der Waals surface area contributed by atoms with Crippen LogP contribution in [0.1, 0.15) is 43.2 Å². The molecule has 0 saturated heterocycles. The monoisotopic (exact) mass is 468 g/mol. The van der Waals surface area contributed by atoms with Crippen molar-refractivity contribution in [1.82, 2.24) is 25.6 Å². The van der Waals surface area contributed by atoms with E-state index in [2.05, 4.69) is 25.6 Å². The van der Waals surface area contributed by atoms with Gasteiger partial charge in [0.1, 0.15) is 17.5 Å². The predicted molar refractivity (Wildman–Crippen MR) is 125 cm³/mol. The minimum atomic E-state index is -0.941. The minimum absolute atomic E-state index is 0.00292. The zero-order valence-corrected chi connectivity index (χ0v) is 19.3. The maximum absolute atomic E-state index is 14.8. The number of nitrogens with two attached hydrogens (primary N) is 1. The lowest BCUT2D eigenvalue weighted by atomic mass is 9.80. The minimum Gasteiger partial charge on any atom is -0.435 e. The number of amides is 2. The second kappa shape index (κ2) is 9.76. The first-order valence-electron chi connectivity index (χ1n) is 11.4. The van der Waals surface area contributed by atoms with Gasteiger partial charge in [0.2, 0.25) is 17.7 Å². The number of ether oxygens (including phenoxy) is 1. The molecular weight excluding hydrogens is 439 g/mol. The average molecular weight is 469 g/mol. The summed E-state index contributed by atoms with van der Waals surface area (Å²) in [5, 5.41) is 6.20. The maximum atomic E-state index is 14.8. The molecule has 2 heterocycles. The fourth-order valence-corrected chi connectivity index (χ4v) is 4.50. The van der Waals surface area contributed by atoms with Crippen molar-refractivity contribution in [2.75, 3.05) is 7.05 Å². The van der Waals surface area contributed by atoms with Crippen molar-refractivity contribution in [3.63, 3.8) is 0 Å². The van der Waals surface area contributed by atoms with Crippen LogP contribution in [-0.2, 0) is 16.0 Å². The number of rotatable bonds is 7. The lowest BCUT2D eigenvalue weighted by Crippen LogP contribution is -2.62. The van der Waals surface area contributed by atoms with Gasteiger partial charge in [-0.3, -0.25) is 9.59 Å². The van der Waals surface area contributed by atoms with Crippen LogP contribution < -0.4 is 21.1 Å². The highest BCUT2D eigenvalue weighted by Gasteiger charge is 2.41. The first kappa shape index (κ1) is 23.6. The quantitative estimate of drug-likeness (QED) is 0.421. The number of carbonyl (C=O) groups is 2. The number of hydrogen-bond acceptors (Lipinski definition) is 6. The zero-order chi connectivity index (χ0) is 24.3. The normalized spacial score (nSPS) is 16.1. The highest BCUT2D eigenvalue weighted by Crippen LogP contribution is 2.31. The van der Waals surface area contributed by atoms with E-state index in [1.165, 1.54) is 18.5 Å². The molecule has 1 fully saturated rings. The Hall–Kier alpha value is -3.53. The molecule has 1 aromatic carbocycles. The smallest absolute Gasteiger partial charge is 0.245 e. The van der Waals surface area contributed by atoms with Crippen molar-refractivity contribution in [2.45, 2.75) is 57.0 Å². The molecule has 4 rings (SSSR count). The summed E-state index contributed by atoms with van der Waals surface area (Å²) in [6, 6.07) is 3.50. The number of fused-ring (bicyclic) bond motifs is 1. The molecule has 1 aliphatic carbocycles. The van der Waals surface area contributed by atoms with Gasteiger partial charge in [0.25, 0.3) is 0 Å². The van der Waals surface area contributed by atoms with Crippen LogP contribution >= 0.6 is 0 Å². The van der Waals surface area contributed by atoms with Gasteiger partial charge in [0, 0.05) is 13.2 Å². The number of benzene rings is 1. The molecular formula is C24H29FN6O3. The maximum Gasteiger partial charge on any atom is 0.245 e. The average Bonchev–Trinajstić information content (AvgIpc) is 3.22. The molecule has 0 aliphatic heterocycles. The molecule has 10 heteroatoms. The SMILES string of the molecule is CNC(=O)C1(NC(=O)[C@@H](N)Cc2ccc(Oc3ncnc4[nH]cc(C)c34)c(F)c2)CCCCC1.